The predicted molar refractivity (Wildman–Crippen MR) is 161 cm³/mol. The van der Waals surface area contributed by atoms with Crippen LogP contribution in [0.1, 0.15) is 69.1 Å². The Morgan fingerprint density at radius 2 is 1.70 bits per heavy atom. The summed E-state index contributed by atoms with van der Waals surface area (Å²) >= 11 is 1.67. The van der Waals surface area contributed by atoms with Crippen molar-refractivity contribution < 1.29 is 9.59 Å². The number of hydrogen-bond acceptors (Lipinski definition) is 4. The number of nitrogens with zero attached hydrogens (tertiary/aromatic N) is 2. The van der Waals surface area contributed by atoms with E-state index in [4.69, 9.17) is 0 Å². The van der Waals surface area contributed by atoms with E-state index < -0.39 is 5.91 Å². The monoisotopic (exact) mass is 548 g/mol. The number of nitrogens with one attached hydrogen (secondary N) is 2. The Bertz CT molecular complexity index is 1620. The minimum atomic E-state index is -0.418. The van der Waals surface area contributed by atoms with Gasteiger partial charge < -0.3 is 15.2 Å². The molecule has 2 aromatic carbocycles. The van der Waals surface area contributed by atoms with E-state index in [2.05, 4.69) is 21.3 Å². The van der Waals surface area contributed by atoms with Crippen molar-refractivity contribution in [3.63, 3.8) is 0 Å². The number of nitriles is 1. The fraction of sp³-hybridized carbons (Fsp3) is 0.242. The summed E-state index contributed by atoms with van der Waals surface area (Å²) in [5.41, 5.74) is 6.20. The van der Waals surface area contributed by atoms with Gasteiger partial charge in [0.25, 0.3) is 11.8 Å². The van der Waals surface area contributed by atoms with Crippen molar-refractivity contribution in [2.75, 3.05) is 5.32 Å². The summed E-state index contributed by atoms with van der Waals surface area (Å²) in [6.07, 6.45) is 5.67. The SMILES string of the molecule is Cc1cc(/C=C(/C#N)C(=O)N[C@H](C)c2ccccc2)c(C)n1-c1sc2c(c1C(=O)Nc1ccccc1)CCCC2. The normalized spacial score (nSPS) is 13.7. The molecule has 2 heterocycles. The number of thiophene rings is 1. The highest BCUT2D eigenvalue weighted by molar-refractivity contribution is 7.15. The fourth-order valence-corrected chi connectivity index (χ4v) is 6.81. The van der Waals surface area contributed by atoms with Gasteiger partial charge in [0, 0.05) is 22.0 Å². The first-order chi connectivity index (χ1) is 19.4. The van der Waals surface area contributed by atoms with Crippen LogP contribution in [0.3, 0.4) is 0 Å². The first-order valence-electron chi connectivity index (χ1n) is 13.5. The highest BCUT2D eigenvalue weighted by Gasteiger charge is 2.28. The molecule has 1 aliphatic carbocycles. The number of aromatic nitrogens is 1. The summed E-state index contributed by atoms with van der Waals surface area (Å²) in [5.74, 6) is -0.532. The van der Waals surface area contributed by atoms with Crippen LogP contribution in [0.15, 0.2) is 72.3 Å². The van der Waals surface area contributed by atoms with E-state index in [1.807, 2.05) is 87.5 Å². The van der Waals surface area contributed by atoms with Gasteiger partial charge in [-0.1, -0.05) is 48.5 Å². The minimum absolute atomic E-state index is 0.0375. The molecule has 40 heavy (non-hydrogen) atoms. The van der Waals surface area contributed by atoms with E-state index in [-0.39, 0.29) is 17.5 Å². The molecule has 2 aromatic heterocycles. The van der Waals surface area contributed by atoms with Gasteiger partial charge in [0.15, 0.2) is 0 Å². The number of carbonyl (C=O) groups is 2. The number of carbonyl (C=O) groups excluding carboxylic acids is 2. The van der Waals surface area contributed by atoms with Crippen LogP contribution in [0.5, 0.6) is 0 Å². The molecule has 1 aliphatic rings. The maximum atomic E-state index is 13.7. The fourth-order valence-electron chi connectivity index (χ4n) is 5.31. The van der Waals surface area contributed by atoms with E-state index >= 15 is 0 Å². The minimum Gasteiger partial charge on any atom is -0.345 e. The van der Waals surface area contributed by atoms with Crippen LogP contribution in [-0.2, 0) is 17.6 Å². The molecule has 2 N–H and O–H groups in total. The summed E-state index contributed by atoms with van der Waals surface area (Å²) in [6.45, 7) is 5.86. The molecule has 4 aromatic rings. The van der Waals surface area contributed by atoms with Crippen molar-refractivity contribution in [3.05, 3.63) is 111 Å². The average Bonchev–Trinajstić information content (AvgIpc) is 3.48. The van der Waals surface area contributed by atoms with Gasteiger partial charge in [-0.05, 0) is 87.4 Å². The van der Waals surface area contributed by atoms with Gasteiger partial charge in [0.05, 0.1) is 11.6 Å². The molecule has 0 fully saturated rings. The Morgan fingerprint density at radius 3 is 2.40 bits per heavy atom. The lowest BCUT2D eigenvalue weighted by Gasteiger charge is -2.14. The molecule has 0 unspecified atom stereocenters. The topological polar surface area (TPSA) is 86.9 Å². The Balaban J connectivity index is 1.50. The van der Waals surface area contributed by atoms with Gasteiger partial charge in [-0.15, -0.1) is 11.3 Å². The smallest absolute Gasteiger partial charge is 0.262 e. The van der Waals surface area contributed by atoms with Crippen LogP contribution in [0.25, 0.3) is 11.1 Å². The lowest BCUT2D eigenvalue weighted by molar-refractivity contribution is -0.117. The van der Waals surface area contributed by atoms with Gasteiger partial charge in [-0.3, -0.25) is 9.59 Å². The van der Waals surface area contributed by atoms with E-state index in [1.54, 1.807) is 17.4 Å². The maximum Gasteiger partial charge on any atom is 0.262 e. The molecular weight excluding hydrogens is 516 g/mol. The van der Waals surface area contributed by atoms with Gasteiger partial charge in [-0.25, -0.2) is 0 Å². The van der Waals surface area contributed by atoms with Crippen LogP contribution in [-0.4, -0.2) is 16.4 Å². The molecule has 6 nitrogen and oxygen atoms in total. The number of amides is 2. The molecule has 0 bridgehead atoms. The van der Waals surface area contributed by atoms with Crippen LogP contribution >= 0.6 is 11.3 Å². The zero-order valence-electron chi connectivity index (χ0n) is 23.0. The lowest BCUT2D eigenvalue weighted by atomic mass is 9.95. The number of anilines is 1. The molecule has 5 rings (SSSR count). The van der Waals surface area contributed by atoms with Crippen molar-refractivity contribution in [1.29, 1.82) is 5.26 Å². The summed E-state index contributed by atoms with van der Waals surface area (Å²) in [5, 5.41) is 16.8. The Hall–Kier alpha value is -4.41. The first-order valence-corrected chi connectivity index (χ1v) is 14.4. The zero-order chi connectivity index (χ0) is 28.2. The standard InChI is InChI=1S/C33H32N4O2S/c1-21-18-25(19-26(20-34)31(38)35-22(2)24-12-6-4-7-13-24)23(3)37(21)33-30(28-16-10-11-17-29(28)40-33)32(39)36-27-14-8-5-9-15-27/h4-9,12-15,18-19,22H,10-11,16-17H2,1-3H3,(H,35,38)(H,36,39)/b26-19-/t22-/m1/s1. The molecular formula is C33H32N4O2S. The number of aryl methyl sites for hydroxylation is 2. The lowest BCUT2D eigenvalue weighted by Crippen LogP contribution is -2.27. The summed E-state index contributed by atoms with van der Waals surface area (Å²) in [7, 11) is 0. The second-order valence-corrected chi connectivity index (χ2v) is 11.2. The molecule has 2 amide bonds. The van der Waals surface area contributed by atoms with Crippen LogP contribution in [0, 0.1) is 25.2 Å². The number of fused-ring (bicyclic) bond motifs is 1. The second kappa shape index (κ2) is 11.8. The van der Waals surface area contributed by atoms with Gasteiger partial charge in [0.1, 0.15) is 16.6 Å². The second-order valence-electron chi connectivity index (χ2n) is 10.1. The molecule has 7 heteroatoms. The number of hydrogen-bond donors (Lipinski definition) is 2. The van der Waals surface area contributed by atoms with Crippen LogP contribution in [0.4, 0.5) is 5.69 Å². The van der Waals surface area contributed by atoms with Gasteiger partial charge in [-0.2, -0.15) is 5.26 Å². The summed E-state index contributed by atoms with van der Waals surface area (Å²) in [4.78, 5) is 28.0. The third-order valence-electron chi connectivity index (χ3n) is 7.40. The van der Waals surface area contributed by atoms with Crippen LogP contribution < -0.4 is 10.6 Å². The summed E-state index contributed by atoms with van der Waals surface area (Å²) in [6, 6.07) is 23.0. The third-order valence-corrected chi connectivity index (χ3v) is 8.67. The average molecular weight is 549 g/mol. The van der Waals surface area contributed by atoms with Crippen molar-refractivity contribution in [3.8, 4) is 11.1 Å². The Kier molecular flexibility index (Phi) is 7.99. The molecule has 0 radical (unpaired) electrons. The molecule has 0 spiro atoms. The molecule has 0 saturated carbocycles. The van der Waals surface area contributed by atoms with E-state index in [0.29, 0.717) is 0 Å². The Morgan fingerprint density at radius 1 is 1.02 bits per heavy atom. The van der Waals surface area contributed by atoms with E-state index in [9.17, 15) is 14.9 Å². The van der Waals surface area contributed by atoms with Gasteiger partial charge in [0.2, 0.25) is 0 Å². The highest BCUT2D eigenvalue weighted by Crippen LogP contribution is 2.39. The zero-order valence-corrected chi connectivity index (χ0v) is 23.8. The van der Waals surface area contributed by atoms with Gasteiger partial charge >= 0.3 is 0 Å². The number of benzene rings is 2. The molecule has 0 saturated heterocycles. The van der Waals surface area contributed by atoms with E-state index in [0.717, 1.165) is 70.0 Å². The van der Waals surface area contributed by atoms with Crippen molar-refractivity contribution in [2.45, 2.75) is 52.5 Å². The summed E-state index contributed by atoms with van der Waals surface area (Å²) < 4.78 is 2.09. The van der Waals surface area contributed by atoms with Crippen molar-refractivity contribution in [1.82, 2.24) is 9.88 Å². The van der Waals surface area contributed by atoms with Crippen LogP contribution in [0.2, 0.25) is 0 Å². The van der Waals surface area contributed by atoms with Crippen molar-refractivity contribution >= 4 is 34.9 Å². The quantitative estimate of drug-likeness (QED) is 0.191. The molecule has 202 valence electrons. The van der Waals surface area contributed by atoms with Crippen molar-refractivity contribution in [2.24, 2.45) is 0 Å². The first kappa shape index (κ1) is 27.2. The van der Waals surface area contributed by atoms with E-state index in [1.165, 1.54) is 4.88 Å². The number of rotatable bonds is 7. The predicted octanol–water partition coefficient (Wildman–Crippen LogP) is 7.07. The largest absolute Gasteiger partial charge is 0.345 e. The maximum absolute atomic E-state index is 13.7. The highest BCUT2D eigenvalue weighted by atomic mass is 32.1. The number of para-hydroxylation sites is 1. The Labute approximate surface area is 239 Å². The molecule has 1 atom stereocenters. The molecule has 0 aliphatic heterocycles. The third kappa shape index (κ3) is 5.49.